The van der Waals surface area contributed by atoms with Crippen molar-refractivity contribution in [3.63, 3.8) is 0 Å². The molecule has 0 heterocycles. The number of nitrogens with one attached hydrogen (secondary N) is 2. The van der Waals surface area contributed by atoms with Crippen LogP contribution in [0.4, 0.5) is 11.4 Å². The summed E-state index contributed by atoms with van der Waals surface area (Å²) >= 11 is 3.27. The first-order valence-electron chi connectivity index (χ1n) is 7.24. The Morgan fingerprint density at radius 3 is 2.22 bits per heavy atom. The molecular formula is C17H15BrN2O3. The van der Waals surface area contributed by atoms with Crippen molar-refractivity contribution in [1.82, 2.24) is 0 Å². The molecule has 23 heavy (non-hydrogen) atoms. The van der Waals surface area contributed by atoms with E-state index in [1.807, 2.05) is 0 Å². The first-order valence-corrected chi connectivity index (χ1v) is 8.03. The predicted octanol–water partition coefficient (Wildman–Crippen LogP) is 3.76. The highest BCUT2D eigenvalue weighted by Crippen LogP contribution is 2.30. The van der Waals surface area contributed by atoms with Gasteiger partial charge in [0.2, 0.25) is 5.91 Å². The molecule has 0 aliphatic heterocycles. The fraction of sp³-hybridized carbons (Fsp3) is 0.176. The van der Waals surface area contributed by atoms with Gasteiger partial charge in [0.05, 0.1) is 5.56 Å². The lowest BCUT2D eigenvalue weighted by molar-refractivity contribution is -0.117. The minimum atomic E-state index is -0.404. The van der Waals surface area contributed by atoms with Crippen LogP contribution in [0.15, 0.2) is 46.9 Å². The largest absolute Gasteiger partial charge is 0.507 e. The van der Waals surface area contributed by atoms with Gasteiger partial charge in [-0.05, 0) is 55.3 Å². The van der Waals surface area contributed by atoms with E-state index < -0.39 is 5.91 Å². The summed E-state index contributed by atoms with van der Waals surface area (Å²) in [5.74, 6) is -0.299. The number of phenolic OH excluding ortho intramolecular Hbond substituents is 1. The van der Waals surface area contributed by atoms with Gasteiger partial charge < -0.3 is 15.7 Å². The van der Waals surface area contributed by atoms with Gasteiger partial charge in [0.25, 0.3) is 5.91 Å². The Labute approximate surface area is 141 Å². The highest BCUT2D eigenvalue weighted by molar-refractivity contribution is 9.10. The standard InChI is InChI=1S/C17H15BrN2O3/c18-11-3-8-15(21)14(9-11)17(23)20-13-6-4-12(5-7-13)19-16(22)10-1-2-10/h3-10,21H,1-2H2,(H,19,22)(H,20,23). The maximum absolute atomic E-state index is 12.2. The third-order valence-electron chi connectivity index (χ3n) is 3.56. The van der Waals surface area contributed by atoms with Crippen LogP contribution in [0.3, 0.4) is 0 Å². The van der Waals surface area contributed by atoms with Gasteiger partial charge in [0, 0.05) is 21.8 Å². The lowest BCUT2D eigenvalue weighted by Gasteiger charge is -2.09. The molecule has 0 spiro atoms. The van der Waals surface area contributed by atoms with Crippen LogP contribution in [0, 0.1) is 5.92 Å². The lowest BCUT2D eigenvalue weighted by atomic mass is 10.2. The number of carbonyl (C=O) groups is 2. The second kappa shape index (κ2) is 6.42. The van der Waals surface area contributed by atoms with Crippen LogP contribution < -0.4 is 10.6 Å². The molecule has 0 radical (unpaired) electrons. The summed E-state index contributed by atoms with van der Waals surface area (Å²) in [4.78, 5) is 23.9. The van der Waals surface area contributed by atoms with Gasteiger partial charge in [-0.15, -0.1) is 0 Å². The highest BCUT2D eigenvalue weighted by Gasteiger charge is 2.29. The van der Waals surface area contributed by atoms with Crippen LogP contribution in [0.2, 0.25) is 0 Å². The van der Waals surface area contributed by atoms with Crippen molar-refractivity contribution in [2.75, 3.05) is 10.6 Å². The molecule has 1 aliphatic rings. The molecule has 1 fully saturated rings. The number of rotatable bonds is 4. The molecule has 1 saturated carbocycles. The predicted molar refractivity (Wildman–Crippen MR) is 91.6 cm³/mol. The molecule has 3 N–H and O–H groups in total. The zero-order chi connectivity index (χ0) is 16.4. The van der Waals surface area contributed by atoms with Crippen molar-refractivity contribution in [2.24, 2.45) is 5.92 Å². The van der Waals surface area contributed by atoms with Gasteiger partial charge in [-0.25, -0.2) is 0 Å². The summed E-state index contributed by atoms with van der Waals surface area (Å²) in [5, 5.41) is 15.3. The second-order valence-electron chi connectivity index (χ2n) is 5.46. The number of phenols is 1. The Morgan fingerprint density at radius 1 is 1.00 bits per heavy atom. The van der Waals surface area contributed by atoms with Gasteiger partial charge in [0.1, 0.15) is 5.75 Å². The molecule has 6 heteroatoms. The number of amides is 2. The highest BCUT2D eigenvalue weighted by atomic mass is 79.9. The van der Waals surface area contributed by atoms with Crippen molar-refractivity contribution in [1.29, 1.82) is 0 Å². The maximum atomic E-state index is 12.2. The summed E-state index contributed by atoms with van der Waals surface area (Å²) in [6.07, 6.45) is 1.91. The first-order chi connectivity index (χ1) is 11.0. The van der Waals surface area contributed by atoms with Crippen molar-refractivity contribution < 1.29 is 14.7 Å². The molecule has 2 amide bonds. The smallest absolute Gasteiger partial charge is 0.259 e. The van der Waals surface area contributed by atoms with Crippen molar-refractivity contribution in [3.05, 3.63) is 52.5 Å². The van der Waals surface area contributed by atoms with Crippen molar-refractivity contribution >= 4 is 39.1 Å². The van der Waals surface area contributed by atoms with E-state index in [0.29, 0.717) is 15.8 Å². The summed E-state index contributed by atoms with van der Waals surface area (Å²) < 4.78 is 0.707. The first kappa shape index (κ1) is 15.6. The van der Waals surface area contributed by atoms with E-state index in [2.05, 4.69) is 26.6 Å². The van der Waals surface area contributed by atoms with Crippen LogP contribution in [0.25, 0.3) is 0 Å². The molecule has 0 bridgehead atoms. The molecule has 2 aromatic carbocycles. The topological polar surface area (TPSA) is 78.4 Å². The quantitative estimate of drug-likeness (QED) is 0.762. The zero-order valence-electron chi connectivity index (χ0n) is 12.2. The maximum Gasteiger partial charge on any atom is 0.259 e. The van der Waals surface area contributed by atoms with E-state index in [4.69, 9.17) is 0 Å². The molecule has 1 aliphatic carbocycles. The van der Waals surface area contributed by atoms with Crippen LogP contribution in [-0.2, 0) is 4.79 Å². The number of halogens is 1. The Balaban J connectivity index is 1.66. The van der Waals surface area contributed by atoms with E-state index in [-0.39, 0.29) is 23.1 Å². The van der Waals surface area contributed by atoms with Gasteiger partial charge >= 0.3 is 0 Å². The van der Waals surface area contributed by atoms with Gasteiger partial charge in [0.15, 0.2) is 0 Å². The minimum absolute atomic E-state index is 0.0424. The number of carbonyl (C=O) groups excluding carboxylic acids is 2. The molecule has 0 saturated heterocycles. The fourth-order valence-corrected chi connectivity index (χ4v) is 2.48. The van der Waals surface area contributed by atoms with Crippen LogP contribution in [-0.4, -0.2) is 16.9 Å². The summed E-state index contributed by atoms with van der Waals surface area (Å²) in [6.45, 7) is 0. The summed E-state index contributed by atoms with van der Waals surface area (Å²) in [7, 11) is 0. The molecule has 118 valence electrons. The average molecular weight is 375 g/mol. The van der Waals surface area contributed by atoms with E-state index >= 15 is 0 Å². The van der Waals surface area contributed by atoms with E-state index in [1.54, 1.807) is 36.4 Å². The zero-order valence-corrected chi connectivity index (χ0v) is 13.8. The molecule has 0 aromatic heterocycles. The van der Waals surface area contributed by atoms with Gasteiger partial charge in [-0.2, -0.15) is 0 Å². The van der Waals surface area contributed by atoms with Crippen molar-refractivity contribution in [2.45, 2.75) is 12.8 Å². The monoisotopic (exact) mass is 374 g/mol. The summed E-state index contributed by atoms with van der Waals surface area (Å²) in [6, 6.07) is 11.5. The molecule has 3 rings (SSSR count). The van der Waals surface area contributed by atoms with E-state index in [9.17, 15) is 14.7 Å². The minimum Gasteiger partial charge on any atom is -0.507 e. The van der Waals surface area contributed by atoms with Gasteiger partial charge in [-0.3, -0.25) is 9.59 Å². The molecule has 2 aromatic rings. The third kappa shape index (κ3) is 3.90. The normalized spacial score (nSPS) is 13.4. The Kier molecular flexibility index (Phi) is 4.34. The average Bonchev–Trinajstić information content (AvgIpc) is 3.36. The lowest BCUT2D eigenvalue weighted by Crippen LogP contribution is -2.14. The Bertz CT molecular complexity index is 755. The second-order valence-corrected chi connectivity index (χ2v) is 6.37. The number of aromatic hydroxyl groups is 1. The molecular weight excluding hydrogens is 360 g/mol. The SMILES string of the molecule is O=C(Nc1ccc(NC(=O)C2CC2)cc1)c1cc(Br)ccc1O. The number of benzene rings is 2. The van der Waals surface area contributed by atoms with Crippen LogP contribution >= 0.6 is 15.9 Å². The molecule has 0 atom stereocenters. The molecule has 5 nitrogen and oxygen atoms in total. The number of anilines is 2. The third-order valence-corrected chi connectivity index (χ3v) is 4.05. The Morgan fingerprint density at radius 2 is 1.61 bits per heavy atom. The number of hydrogen-bond donors (Lipinski definition) is 3. The van der Waals surface area contributed by atoms with Gasteiger partial charge in [-0.1, -0.05) is 15.9 Å². The van der Waals surface area contributed by atoms with Crippen LogP contribution in [0.5, 0.6) is 5.75 Å². The van der Waals surface area contributed by atoms with Crippen molar-refractivity contribution in [3.8, 4) is 5.75 Å². The van der Waals surface area contributed by atoms with E-state index in [0.717, 1.165) is 12.8 Å². The van der Waals surface area contributed by atoms with E-state index in [1.165, 1.54) is 6.07 Å². The summed E-state index contributed by atoms with van der Waals surface area (Å²) in [5.41, 5.74) is 1.47. The molecule has 0 unspecified atom stereocenters. The van der Waals surface area contributed by atoms with Crippen LogP contribution in [0.1, 0.15) is 23.2 Å². The Hall–Kier alpha value is -2.34. The number of hydrogen-bond acceptors (Lipinski definition) is 3. The fourth-order valence-electron chi connectivity index (χ4n) is 2.12.